The van der Waals surface area contributed by atoms with E-state index in [1.54, 1.807) is 30.6 Å². The topological polar surface area (TPSA) is 65.7 Å². The van der Waals surface area contributed by atoms with Crippen molar-refractivity contribution >= 4 is 29.0 Å². The van der Waals surface area contributed by atoms with E-state index in [1.807, 2.05) is 26.0 Å². The van der Waals surface area contributed by atoms with Crippen molar-refractivity contribution < 1.29 is 9.90 Å². The van der Waals surface area contributed by atoms with Gasteiger partial charge in [-0.1, -0.05) is 34.8 Å². The van der Waals surface area contributed by atoms with Crippen LogP contribution in [-0.2, 0) is 16.3 Å². The van der Waals surface area contributed by atoms with Gasteiger partial charge in [0.15, 0.2) is 5.76 Å². The van der Waals surface area contributed by atoms with Gasteiger partial charge in [0.1, 0.15) is 5.78 Å². The largest absolute Gasteiger partial charge is 0.299 e. The highest BCUT2D eigenvalue weighted by molar-refractivity contribution is 6.35. The number of allylic oxidation sites excluding steroid dienone is 3. The maximum atomic E-state index is 12.4. The van der Waals surface area contributed by atoms with Crippen molar-refractivity contribution in [2.75, 3.05) is 0 Å². The van der Waals surface area contributed by atoms with Crippen molar-refractivity contribution in [3.05, 3.63) is 75.2 Å². The Hall–Kier alpha value is -2.04. The molecule has 4 nitrogen and oxygen atoms in total. The van der Waals surface area contributed by atoms with Crippen molar-refractivity contribution in [1.29, 1.82) is 0 Å². The smallest absolute Gasteiger partial charge is 0.179 e. The van der Waals surface area contributed by atoms with Crippen LogP contribution in [0.3, 0.4) is 0 Å². The van der Waals surface area contributed by atoms with Crippen molar-refractivity contribution in [2.45, 2.75) is 33.6 Å². The van der Waals surface area contributed by atoms with Gasteiger partial charge in [-0.3, -0.25) is 15.0 Å². The molecule has 1 atom stereocenters. The second-order valence-corrected chi connectivity index (χ2v) is 7.44. The highest BCUT2D eigenvalue weighted by Crippen LogP contribution is 2.39. The Morgan fingerprint density at radius 1 is 1.35 bits per heavy atom. The van der Waals surface area contributed by atoms with Crippen molar-refractivity contribution in [3.8, 4) is 0 Å². The third-order valence-corrected chi connectivity index (χ3v) is 5.07. The molecule has 3 rings (SSSR count). The van der Waals surface area contributed by atoms with Gasteiger partial charge < -0.3 is 0 Å². The molecule has 0 fully saturated rings. The van der Waals surface area contributed by atoms with Gasteiger partial charge in [0, 0.05) is 34.4 Å². The number of halogens is 2. The van der Waals surface area contributed by atoms with E-state index < -0.39 is 5.41 Å². The number of nitrogens with one attached hydrogen (secondary N) is 1. The van der Waals surface area contributed by atoms with Gasteiger partial charge in [0.2, 0.25) is 0 Å². The molecule has 1 radical (unpaired) electrons. The minimum atomic E-state index is -0.686. The Balaban J connectivity index is 0.000000417. The van der Waals surface area contributed by atoms with Crippen LogP contribution >= 0.6 is 23.2 Å². The van der Waals surface area contributed by atoms with Gasteiger partial charge in [-0.15, -0.1) is 0 Å². The fourth-order valence-corrected chi connectivity index (χ4v) is 3.31. The SMILES string of the molecule is CC(=O)C1(C)C=C([O])C(Cc2ccc(Cl)cc2Cl)=C(C)C1.c1cn[nH]c1. The van der Waals surface area contributed by atoms with E-state index in [0.717, 1.165) is 16.7 Å². The molecule has 1 heterocycles. The second kappa shape index (κ2) is 8.56. The first-order chi connectivity index (χ1) is 12.2. The van der Waals surface area contributed by atoms with Crippen LogP contribution in [0.5, 0.6) is 0 Å². The molecule has 0 bridgehead atoms. The quantitative estimate of drug-likeness (QED) is 0.742. The Labute approximate surface area is 163 Å². The van der Waals surface area contributed by atoms with E-state index in [2.05, 4.69) is 10.2 Å². The first-order valence-corrected chi connectivity index (χ1v) is 8.96. The molecule has 1 aliphatic carbocycles. The summed E-state index contributed by atoms with van der Waals surface area (Å²) >= 11 is 12.1. The molecule has 0 aliphatic heterocycles. The number of hydrogen-bond donors (Lipinski definition) is 1. The summed E-state index contributed by atoms with van der Waals surface area (Å²) in [5.41, 5.74) is 1.85. The summed E-state index contributed by atoms with van der Waals surface area (Å²) < 4.78 is 0. The number of H-pyrrole nitrogens is 1. The van der Waals surface area contributed by atoms with E-state index in [9.17, 15) is 9.90 Å². The lowest BCUT2D eigenvalue weighted by Crippen LogP contribution is -2.27. The fraction of sp³-hybridized carbons (Fsp3) is 0.300. The molecule has 1 aromatic heterocycles. The molecular weight excluding hydrogens is 371 g/mol. The predicted octanol–water partition coefficient (Wildman–Crippen LogP) is 5.58. The maximum absolute atomic E-state index is 12.4. The Morgan fingerprint density at radius 3 is 2.54 bits per heavy atom. The summed E-state index contributed by atoms with van der Waals surface area (Å²) in [6, 6.07) is 7.09. The molecule has 6 heteroatoms. The number of rotatable bonds is 3. The summed E-state index contributed by atoms with van der Waals surface area (Å²) in [5.74, 6) is -0.0683. The number of carbonyl (C=O) groups is 1. The Morgan fingerprint density at radius 2 is 2.08 bits per heavy atom. The van der Waals surface area contributed by atoms with Crippen LogP contribution in [0, 0.1) is 5.41 Å². The molecule has 1 unspecified atom stereocenters. The van der Waals surface area contributed by atoms with Crippen LogP contribution in [-0.4, -0.2) is 16.0 Å². The zero-order valence-corrected chi connectivity index (χ0v) is 16.5. The monoisotopic (exact) mass is 391 g/mol. The van der Waals surface area contributed by atoms with E-state index >= 15 is 0 Å². The van der Waals surface area contributed by atoms with E-state index in [-0.39, 0.29) is 11.5 Å². The minimum absolute atomic E-state index is 0.0128. The van der Waals surface area contributed by atoms with Crippen LogP contribution < -0.4 is 0 Å². The van der Waals surface area contributed by atoms with Gasteiger partial charge >= 0.3 is 0 Å². The summed E-state index contributed by atoms with van der Waals surface area (Å²) in [6.45, 7) is 5.24. The summed E-state index contributed by atoms with van der Waals surface area (Å²) in [4.78, 5) is 11.7. The number of carbonyl (C=O) groups excluding carboxylic acids is 1. The van der Waals surface area contributed by atoms with Gasteiger partial charge in [-0.2, -0.15) is 5.10 Å². The lowest BCUT2D eigenvalue weighted by molar-refractivity contribution is -0.123. The molecule has 2 aromatic rings. The average Bonchev–Trinajstić information content (AvgIpc) is 3.12. The van der Waals surface area contributed by atoms with E-state index in [1.165, 1.54) is 6.92 Å². The summed E-state index contributed by atoms with van der Waals surface area (Å²) in [5, 5.41) is 19.7. The molecule has 1 N–H and O–H groups in total. The van der Waals surface area contributed by atoms with Crippen LogP contribution in [0.1, 0.15) is 32.8 Å². The molecule has 137 valence electrons. The molecule has 0 saturated heterocycles. The average molecular weight is 392 g/mol. The Kier molecular flexibility index (Phi) is 6.68. The van der Waals surface area contributed by atoms with E-state index in [4.69, 9.17) is 23.2 Å². The number of benzene rings is 1. The van der Waals surface area contributed by atoms with Gasteiger partial charge in [-0.25, -0.2) is 0 Å². The molecule has 0 amide bonds. The fourth-order valence-electron chi connectivity index (χ4n) is 2.83. The number of Topliss-reactive ketones (excluding diaryl/α,β-unsaturated/α-hetero) is 1. The number of hydrogen-bond acceptors (Lipinski definition) is 2. The first kappa shape index (κ1) is 20.3. The van der Waals surface area contributed by atoms with Crippen LogP contribution in [0.15, 0.2) is 59.6 Å². The standard InChI is InChI=1S/C17H17Cl2O2.C3H4N2/c1-10-8-17(3,11(2)20)9-16(21)14(10)6-12-4-5-13(18)7-15(12)19;1-2-4-5-3-1/h4-5,7,9H,6,8H2,1-3H3;1-3H,(H,4,5). The summed E-state index contributed by atoms with van der Waals surface area (Å²) in [6.07, 6.45) is 6.04. The third kappa shape index (κ3) is 4.99. The van der Waals surface area contributed by atoms with Crippen molar-refractivity contribution in [2.24, 2.45) is 5.41 Å². The molecule has 1 aromatic carbocycles. The number of aromatic amines is 1. The van der Waals surface area contributed by atoms with Gasteiger partial charge in [0.05, 0.1) is 5.41 Å². The zero-order chi connectivity index (χ0) is 19.3. The van der Waals surface area contributed by atoms with Gasteiger partial charge in [-0.05, 0) is 57.0 Å². The zero-order valence-electron chi connectivity index (χ0n) is 15.0. The van der Waals surface area contributed by atoms with Crippen molar-refractivity contribution in [3.63, 3.8) is 0 Å². The molecule has 0 saturated carbocycles. The molecular formula is C20H21Cl2N2O2. The number of nitrogens with zero attached hydrogens (tertiary/aromatic N) is 1. The third-order valence-electron chi connectivity index (χ3n) is 4.49. The normalized spacial score (nSPS) is 19.5. The summed E-state index contributed by atoms with van der Waals surface area (Å²) in [7, 11) is 0. The highest BCUT2D eigenvalue weighted by atomic mass is 35.5. The second-order valence-electron chi connectivity index (χ2n) is 6.60. The van der Waals surface area contributed by atoms with Gasteiger partial charge in [0.25, 0.3) is 0 Å². The first-order valence-electron chi connectivity index (χ1n) is 8.20. The maximum Gasteiger partial charge on any atom is 0.179 e. The number of aromatic nitrogens is 2. The number of ketones is 1. The Bertz CT molecular complexity index is 824. The van der Waals surface area contributed by atoms with Crippen molar-refractivity contribution in [1.82, 2.24) is 10.2 Å². The molecule has 26 heavy (non-hydrogen) atoms. The van der Waals surface area contributed by atoms with E-state index in [0.29, 0.717) is 22.9 Å². The lowest BCUT2D eigenvalue weighted by atomic mass is 9.74. The van der Waals surface area contributed by atoms with Crippen LogP contribution in [0.4, 0.5) is 0 Å². The van der Waals surface area contributed by atoms with Crippen LogP contribution in [0.2, 0.25) is 10.0 Å². The molecule has 0 spiro atoms. The van der Waals surface area contributed by atoms with Crippen LogP contribution in [0.25, 0.3) is 0 Å². The predicted molar refractivity (Wildman–Crippen MR) is 104 cm³/mol. The molecule has 1 aliphatic rings. The lowest BCUT2D eigenvalue weighted by Gasteiger charge is -2.29. The highest BCUT2D eigenvalue weighted by Gasteiger charge is 2.34. The minimum Gasteiger partial charge on any atom is -0.299 e.